The third-order valence-electron chi connectivity index (χ3n) is 3.24. The van der Waals surface area contributed by atoms with Crippen LogP contribution in [0.3, 0.4) is 0 Å². The summed E-state index contributed by atoms with van der Waals surface area (Å²) in [6.07, 6.45) is 0. The number of non-ortho nitro benzene ring substituents is 2. The van der Waals surface area contributed by atoms with Crippen LogP contribution in [0.25, 0.3) is 0 Å². The lowest BCUT2D eigenvalue weighted by Gasteiger charge is -2.19. The molecule has 0 atom stereocenters. The van der Waals surface area contributed by atoms with Gasteiger partial charge in [0.15, 0.2) is 0 Å². The first kappa shape index (κ1) is 16.2. The van der Waals surface area contributed by atoms with Gasteiger partial charge < -0.3 is 9.64 Å². The molecule has 0 bridgehead atoms. The van der Waals surface area contributed by atoms with Crippen LogP contribution in [0, 0.1) is 20.2 Å². The maximum atomic E-state index is 10.6. The van der Waals surface area contributed by atoms with Crippen molar-refractivity contribution in [3.05, 3.63) is 68.8 Å². The summed E-state index contributed by atoms with van der Waals surface area (Å²) < 4.78 is 5.52. The molecule has 0 aliphatic rings. The number of hydrogen-bond donors (Lipinski definition) is 0. The summed E-state index contributed by atoms with van der Waals surface area (Å²) in [6.45, 7) is 0.945. The summed E-state index contributed by atoms with van der Waals surface area (Å²) >= 11 is 0. The molecule has 2 rings (SSSR count). The first-order chi connectivity index (χ1) is 11.0. The smallest absolute Gasteiger partial charge is 0.269 e. The molecule has 8 nitrogen and oxygen atoms in total. The van der Waals surface area contributed by atoms with Gasteiger partial charge in [-0.25, -0.2) is 0 Å². The maximum absolute atomic E-state index is 10.6. The van der Waals surface area contributed by atoms with Gasteiger partial charge in [0.2, 0.25) is 0 Å². The molecule has 0 fully saturated rings. The van der Waals surface area contributed by atoms with Crippen molar-refractivity contribution in [2.24, 2.45) is 0 Å². The summed E-state index contributed by atoms with van der Waals surface area (Å²) in [6, 6.07) is 12.1. The van der Waals surface area contributed by atoms with E-state index in [9.17, 15) is 20.2 Å². The minimum absolute atomic E-state index is 0.0142. The molecule has 0 radical (unpaired) electrons. The second-order valence-corrected chi connectivity index (χ2v) is 4.79. The molecule has 0 spiro atoms. The number of benzene rings is 2. The molecule has 0 amide bonds. The molecule has 0 aromatic heterocycles. The molecular formula is C15H15N3O5. The molecule has 2 aromatic rings. The molecule has 120 valence electrons. The van der Waals surface area contributed by atoms with Crippen molar-refractivity contribution in [1.82, 2.24) is 0 Å². The highest BCUT2D eigenvalue weighted by Crippen LogP contribution is 2.19. The third kappa shape index (κ3) is 4.40. The van der Waals surface area contributed by atoms with Crippen LogP contribution >= 0.6 is 0 Å². The minimum atomic E-state index is -0.466. The molecule has 23 heavy (non-hydrogen) atoms. The van der Waals surface area contributed by atoms with Gasteiger partial charge in [0.1, 0.15) is 12.4 Å². The van der Waals surface area contributed by atoms with E-state index < -0.39 is 9.85 Å². The van der Waals surface area contributed by atoms with Gasteiger partial charge in [0.05, 0.1) is 16.4 Å². The monoisotopic (exact) mass is 317 g/mol. The largest absolute Gasteiger partial charge is 0.492 e. The lowest BCUT2D eigenvalue weighted by molar-refractivity contribution is -0.385. The standard InChI is InChI=1S/C15H15N3O5/c1-16(12-2-4-13(5-3-12)17(19)20)10-11-23-15-8-6-14(7-9-15)18(21)22/h2-9H,10-11H2,1H3. The van der Waals surface area contributed by atoms with E-state index in [4.69, 9.17) is 4.74 Å². The zero-order chi connectivity index (χ0) is 16.8. The fourth-order valence-corrected chi connectivity index (χ4v) is 1.92. The van der Waals surface area contributed by atoms with Crippen LogP contribution in [0.1, 0.15) is 0 Å². The predicted octanol–water partition coefficient (Wildman–Crippen LogP) is 3.02. The Kier molecular flexibility index (Phi) is 5.08. The van der Waals surface area contributed by atoms with E-state index in [0.29, 0.717) is 18.9 Å². The van der Waals surface area contributed by atoms with Gasteiger partial charge in [-0.15, -0.1) is 0 Å². The number of rotatable bonds is 7. The number of nitro benzene ring substituents is 2. The predicted molar refractivity (Wildman–Crippen MR) is 85.0 cm³/mol. The quantitative estimate of drug-likeness (QED) is 0.575. The van der Waals surface area contributed by atoms with Crippen molar-refractivity contribution >= 4 is 17.1 Å². The van der Waals surface area contributed by atoms with Gasteiger partial charge in [-0.2, -0.15) is 0 Å². The zero-order valence-electron chi connectivity index (χ0n) is 12.4. The van der Waals surface area contributed by atoms with E-state index in [1.807, 2.05) is 11.9 Å². The van der Waals surface area contributed by atoms with Gasteiger partial charge in [-0.3, -0.25) is 20.2 Å². The van der Waals surface area contributed by atoms with Crippen LogP contribution in [0.4, 0.5) is 17.1 Å². The van der Waals surface area contributed by atoms with E-state index in [2.05, 4.69) is 0 Å². The highest BCUT2D eigenvalue weighted by molar-refractivity contribution is 5.50. The number of nitrogens with zero attached hydrogens (tertiary/aromatic N) is 3. The lowest BCUT2D eigenvalue weighted by Crippen LogP contribution is -2.23. The van der Waals surface area contributed by atoms with Gasteiger partial charge >= 0.3 is 0 Å². The maximum Gasteiger partial charge on any atom is 0.269 e. The molecule has 0 N–H and O–H groups in total. The van der Waals surface area contributed by atoms with Crippen LogP contribution < -0.4 is 9.64 Å². The van der Waals surface area contributed by atoms with Crippen molar-refractivity contribution in [2.45, 2.75) is 0 Å². The molecular weight excluding hydrogens is 302 g/mol. The van der Waals surface area contributed by atoms with Crippen molar-refractivity contribution in [3.63, 3.8) is 0 Å². The summed E-state index contributed by atoms with van der Waals surface area (Å²) in [7, 11) is 1.85. The Labute approximate surface area is 132 Å². The topological polar surface area (TPSA) is 98.8 Å². The summed E-state index contributed by atoms with van der Waals surface area (Å²) in [5.41, 5.74) is 0.896. The normalized spacial score (nSPS) is 10.1. The summed E-state index contributed by atoms with van der Waals surface area (Å²) in [4.78, 5) is 22.2. The van der Waals surface area contributed by atoms with Crippen molar-refractivity contribution in [1.29, 1.82) is 0 Å². The fraction of sp³-hybridized carbons (Fsp3) is 0.200. The minimum Gasteiger partial charge on any atom is -0.492 e. The highest BCUT2D eigenvalue weighted by Gasteiger charge is 2.07. The number of ether oxygens (including phenoxy) is 1. The Morgan fingerprint density at radius 3 is 1.87 bits per heavy atom. The van der Waals surface area contributed by atoms with Crippen LogP contribution in [0.15, 0.2) is 48.5 Å². The number of nitro groups is 2. The van der Waals surface area contributed by atoms with Crippen LogP contribution in [0.2, 0.25) is 0 Å². The fourth-order valence-electron chi connectivity index (χ4n) is 1.92. The molecule has 0 heterocycles. The Morgan fingerprint density at radius 1 is 0.913 bits per heavy atom. The van der Waals surface area contributed by atoms with Gasteiger partial charge in [-0.1, -0.05) is 0 Å². The van der Waals surface area contributed by atoms with E-state index in [-0.39, 0.29) is 11.4 Å². The van der Waals surface area contributed by atoms with Crippen LogP contribution in [0.5, 0.6) is 5.75 Å². The molecule has 0 saturated carbocycles. The molecule has 8 heteroatoms. The van der Waals surface area contributed by atoms with E-state index in [1.54, 1.807) is 24.3 Å². The average molecular weight is 317 g/mol. The molecule has 0 aliphatic carbocycles. The third-order valence-corrected chi connectivity index (χ3v) is 3.24. The number of anilines is 1. The molecule has 2 aromatic carbocycles. The van der Waals surface area contributed by atoms with Gasteiger partial charge in [0.25, 0.3) is 11.4 Å². The second-order valence-electron chi connectivity index (χ2n) is 4.79. The molecule has 0 saturated heterocycles. The first-order valence-corrected chi connectivity index (χ1v) is 6.80. The van der Waals surface area contributed by atoms with Crippen molar-refractivity contribution in [2.75, 3.05) is 25.1 Å². The van der Waals surface area contributed by atoms with Crippen molar-refractivity contribution < 1.29 is 14.6 Å². The Bertz CT molecular complexity index is 685. The van der Waals surface area contributed by atoms with Gasteiger partial charge in [-0.05, 0) is 24.3 Å². The Hall–Kier alpha value is -3.16. The zero-order valence-corrected chi connectivity index (χ0v) is 12.4. The summed E-state index contributed by atoms with van der Waals surface area (Å²) in [5, 5.41) is 21.2. The van der Waals surface area contributed by atoms with Crippen molar-refractivity contribution in [3.8, 4) is 5.75 Å². The second kappa shape index (κ2) is 7.21. The van der Waals surface area contributed by atoms with Crippen LogP contribution in [-0.2, 0) is 0 Å². The highest BCUT2D eigenvalue weighted by atomic mass is 16.6. The van der Waals surface area contributed by atoms with E-state index in [1.165, 1.54) is 24.3 Å². The molecule has 0 aliphatic heterocycles. The number of likely N-dealkylation sites (N-methyl/N-ethyl adjacent to an activating group) is 1. The van der Waals surface area contributed by atoms with Gasteiger partial charge in [0, 0.05) is 37.0 Å². The number of hydrogen-bond acceptors (Lipinski definition) is 6. The Balaban J connectivity index is 1.85. The van der Waals surface area contributed by atoms with E-state index >= 15 is 0 Å². The first-order valence-electron chi connectivity index (χ1n) is 6.80. The molecule has 0 unspecified atom stereocenters. The summed E-state index contributed by atoms with van der Waals surface area (Å²) in [5.74, 6) is 0.549. The van der Waals surface area contributed by atoms with Crippen LogP contribution in [-0.4, -0.2) is 30.0 Å². The SMILES string of the molecule is CN(CCOc1ccc([N+](=O)[O-])cc1)c1ccc([N+](=O)[O-])cc1. The average Bonchev–Trinajstić information content (AvgIpc) is 2.55. The van der Waals surface area contributed by atoms with E-state index in [0.717, 1.165) is 5.69 Å². The lowest BCUT2D eigenvalue weighted by atomic mass is 10.2. The Morgan fingerprint density at radius 2 is 1.39 bits per heavy atom.